The van der Waals surface area contributed by atoms with Crippen LogP contribution in [0, 0.1) is 0 Å². The minimum Gasteiger partial charge on any atom is -0.461 e. The largest absolute Gasteiger partial charge is 0.461 e. The molecule has 0 aromatic heterocycles. The third-order valence-electron chi connectivity index (χ3n) is 1.19. The molecule has 0 radical (unpaired) electrons. The quantitative estimate of drug-likeness (QED) is 0.556. The van der Waals surface area contributed by atoms with E-state index >= 15 is 0 Å². The van der Waals surface area contributed by atoms with E-state index in [4.69, 9.17) is 14.9 Å². The Morgan fingerprint density at radius 1 is 1.55 bits per heavy atom. The number of carbonyl (C=O) groups excluding carboxylic acids is 1. The molecule has 66 valence electrons. The maximum atomic E-state index is 10.7. The lowest BCUT2D eigenvalue weighted by molar-refractivity contribution is -0.157. The summed E-state index contributed by atoms with van der Waals surface area (Å²) < 4.78 is 4.70. The average molecular weight is 162 g/mol. The summed E-state index contributed by atoms with van der Waals surface area (Å²) >= 11 is 0. The first-order valence-corrected chi connectivity index (χ1v) is 3.57. The van der Waals surface area contributed by atoms with Gasteiger partial charge in [0.05, 0.1) is 0 Å². The predicted octanol–water partition coefficient (Wildman–Crippen LogP) is -0.319. The molecule has 0 rings (SSSR count). The van der Waals surface area contributed by atoms with E-state index in [1.54, 1.807) is 6.92 Å². The van der Waals surface area contributed by atoms with Crippen LogP contribution in [0.5, 0.6) is 0 Å². The first kappa shape index (κ1) is 10.4. The van der Waals surface area contributed by atoms with Crippen molar-refractivity contribution < 1.29 is 19.7 Å². The summed E-state index contributed by atoms with van der Waals surface area (Å²) in [6.07, 6.45) is -1.02. The van der Waals surface area contributed by atoms with Crippen LogP contribution in [0.2, 0.25) is 0 Å². The Morgan fingerprint density at radius 2 is 2.09 bits per heavy atom. The molecule has 0 aliphatic heterocycles. The van der Waals surface area contributed by atoms with Gasteiger partial charge in [-0.05, 0) is 13.8 Å². The van der Waals surface area contributed by atoms with E-state index in [-0.39, 0.29) is 12.7 Å². The van der Waals surface area contributed by atoms with Gasteiger partial charge in [0.2, 0.25) is 0 Å². The van der Waals surface area contributed by atoms with Gasteiger partial charge >= 0.3 is 5.97 Å². The molecule has 0 aromatic rings. The molecule has 4 heteroatoms. The van der Waals surface area contributed by atoms with Crippen molar-refractivity contribution >= 4 is 5.97 Å². The number of esters is 1. The lowest BCUT2D eigenvalue weighted by Gasteiger charge is -2.12. The van der Waals surface area contributed by atoms with E-state index in [1.165, 1.54) is 6.92 Å². The maximum Gasteiger partial charge on any atom is 0.334 e. The monoisotopic (exact) mass is 162 g/mol. The lowest BCUT2D eigenvalue weighted by atomic mass is 10.3. The molecule has 2 N–H and O–H groups in total. The highest BCUT2D eigenvalue weighted by Crippen LogP contribution is 1.98. The van der Waals surface area contributed by atoms with Gasteiger partial charge in [-0.1, -0.05) is 0 Å². The Labute approximate surface area is 65.8 Å². The minimum absolute atomic E-state index is 0.0196. The standard InChI is InChI=1S/C7H14O4/c1-5(3-4-8)11-7(10)6(2)9/h5-6,8-9H,3-4H2,1-2H3/t5-,6+/m0/s1. The fourth-order valence-electron chi connectivity index (χ4n) is 0.537. The highest BCUT2D eigenvalue weighted by molar-refractivity contribution is 5.73. The van der Waals surface area contributed by atoms with Gasteiger partial charge in [-0.25, -0.2) is 4.79 Å². The zero-order valence-corrected chi connectivity index (χ0v) is 6.78. The average Bonchev–Trinajstić information content (AvgIpc) is 1.87. The smallest absolute Gasteiger partial charge is 0.334 e. The summed E-state index contributed by atoms with van der Waals surface area (Å²) in [5.41, 5.74) is 0. The van der Waals surface area contributed by atoms with E-state index in [1.807, 2.05) is 0 Å². The first-order valence-electron chi connectivity index (χ1n) is 3.57. The maximum absolute atomic E-state index is 10.7. The molecule has 0 amide bonds. The second-order valence-electron chi connectivity index (χ2n) is 2.44. The van der Waals surface area contributed by atoms with Crippen LogP contribution in [0.4, 0.5) is 0 Å². The van der Waals surface area contributed by atoms with E-state index in [0.29, 0.717) is 6.42 Å². The zero-order chi connectivity index (χ0) is 8.85. The van der Waals surface area contributed by atoms with Gasteiger partial charge in [-0.3, -0.25) is 0 Å². The Hall–Kier alpha value is -0.610. The number of aliphatic hydroxyl groups is 2. The van der Waals surface area contributed by atoms with Crippen LogP contribution in [0.25, 0.3) is 0 Å². The number of carbonyl (C=O) groups is 1. The summed E-state index contributed by atoms with van der Waals surface area (Å²) in [6, 6.07) is 0. The van der Waals surface area contributed by atoms with Crippen LogP contribution in [0.3, 0.4) is 0 Å². The van der Waals surface area contributed by atoms with Crippen molar-refractivity contribution in [3.8, 4) is 0 Å². The number of ether oxygens (including phenoxy) is 1. The molecular formula is C7H14O4. The Kier molecular flexibility index (Phi) is 4.81. The molecule has 0 aromatic carbocycles. The predicted molar refractivity (Wildman–Crippen MR) is 38.9 cm³/mol. The summed E-state index contributed by atoms with van der Waals surface area (Å²) in [4.78, 5) is 10.7. The van der Waals surface area contributed by atoms with Crippen molar-refractivity contribution in [1.29, 1.82) is 0 Å². The second-order valence-corrected chi connectivity index (χ2v) is 2.44. The fraction of sp³-hybridized carbons (Fsp3) is 0.857. The van der Waals surface area contributed by atoms with E-state index in [9.17, 15) is 4.79 Å². The van der Waals surface area contributed by atoms with Gasteiger partial charge < -0.3 is 14.9 Å². The Balaban J connectivity index is 3.57. The van der Waals surface area contributed by atoms with Crippen LogP contribution < -0.4 is 0 Å². The van der Waals surface area contributed by atoms with Gasteiger partial charge in [-0.15, -0.1) is 0 Å². The molecule has 0 bridgehead atoms. The zero-order valence-electron chi connectivity index (χ0n) is 6.78. The van der Waals surface area contributed by atoms with Gasteiger partial charge in [0.1, 0.15) is 12.2 Å². The molecular weight excluding hydrogens is 148 g/mol. The molecule has 0 aliphatic carbocycles. The molecule has 0 spiro atoms. The highest BCUT2D eigenvalue weighted by atomic mass is 16.6. The molecule has 11 heavy (non-hydrogen) atoms. The molecule has 0 saturated carbocycles. The van der Waals surface area contributed by atoms with Crippen LogP contribution >= 0.6 is 0 Å². The summed E-state index contributed by atoms with van der Waals surface area (Å²) in [6.45, 7) is 2.98. The molecule has 4 nitrogen and oxygen atoms in total. The lowest BCUT2D eigenvalue weighted by Crippen LogP contribution is -2.24. The Morgan fingerprint density at radius 3 is 2.45 bits per heavy atom. The van der Waals surface area contributed by atoms with Crippen LogP contribution in [-0.2, 0) is 9.53 Å². The van der Waals surface area contributed by atoms with E-state index < -0.39 is 12.1 Å². The summed E-state index contributed by atoms with van der Waals surface area (Å²) in [7, 11) is 0. The van der Waals surface area contributed by atoms with Gasteiger partial charge in [0, 0.05) is 13.0 Å². The highest BCUT2D eigenvalue weighted by Gasteiger charge is 2.13. The third-order valence-corrected chi connectivity index (χ3v) is 1.19. The van der Waals surface area contributed by atoms with E-state index in [0.717, 1.165) is 0 Å². The van der Waals surface area contributed by atoms with Crippen molar-refractivity contribution in [2.24, 2.45) is 0 Å². The fourth-order valence-corrected chi connectivity index (χ4v) is 0.537. The topological polar surface area (TPSA) is 66.8 Å². The molecule has 0 fully saturated rings. The molecule has 0 aliphatic rings. The number of hydrogen-bond donors (Lipinski definition) is 2. The van der Waals surface area contributed by atoms with Crippen molar-refractivity contribution in [2.45, 2.75) is 32.5 Å². The van der Waals surface area contributed by atoms with Gasteiger partial charge in [0.15, 0.2) is 0 Å². The second kappa shape index (κ2) is 5.09. The molecule has 2 atom stereocenters. The summed E-state index contributed by atoms with van der Waals surface area (Å²) in [5, 5.41) is 17.1. The number of hydrogen-bond acceptors (Lipinski definition) is 4. The third kappa shape index (κ3) is 4.75. The number of aliphatic hydroxyl groups excluding tert-OH is 2. The van der Waals surface area contributed by atoms with Crippen LogP contribution in [0.15, 0.2) is 0 Å². The number of rotatable bonds is 4. The van der Waals surface area contributed by atoms with Gasteiger partial charge in [0.25, 0.3) is 0 Å². The van der Waals surface area contributed by atoms with Crippen molar-refractivity contribution in [2.75, 3.05) is 6.61 Å². The normalized spacial score (nSPS) is 15.6. The van der Waals surface area contributed by atoms with E-state index in [2.05, 4.69) is 0 Å². The molecule has 0 saturated heterocycles. The molecule has 0 unspecified atom stereocenters. The first-order chi connectivity index (χ1) is 5.07. The van der Waals surface area contributed by atoms with Crippen molar-refractivity contribution in [3.05, 3.63) is 0 Å². The molecule has 0 heterocycles. The van der Waals surface area contributed by atoms with Crippen LogP contribution in [0.1, 0.15) is 20.3 Å². The minimum atomic E-state index is -1.09. The SMILES string of the molecule is C[C@@H](CCO)OC(=O)[C@@H](C)O. The Bertz CT molecular complexity index is 122. The van der Waals surface area contributed by atoms with Crippen molar-refractivity contribution in [3.63, 3.8) is 0 Å². The van der Waals surface area contributed by atoms with Crippen LogP contribution in [-0.4, -0.2) is 35.0 Å². The van der Waals surface area contributed by atoms with Crippen molar-refractivity contribution in [1.82, 2.24) is 0 Å². The van der Waals surface area contributed by atoms with Gasteiger partial charge in [-0.2, -0.15) is 0 Å². The summed E-state index contributed by atoms with van der Waals surface area (Å²) in [5.74, 6) is -0.647.